The van der Waals surface area contributed by atoms with E-state index in [1.807, 2.05) is 31.2 Å². The van der Waals surface area contributed by atoms with Gasteiger partial charge in [-0.3, -0.25) is 0 Å². The summed E-state index contributed by atoms with van der Waals surface area (Å²) in [4.78, 5) is 0. The van der Waals surface area contributed by atoms with Crippen LogP contribution in [0.25, 0.3) is 0 Å². The molecule has 0 aliphatic heterocycles. The lowest BCUT2D eigenvalue weighted by Gasteiger charge is -2.08. The molecule has 20 heavy (non-hydrogen) atoms. The van der Waals surface area contributed by atoms with Gasteiger partial charge >= 0.3 is 0 Å². The summed E-state index contributed by atoms with van der Waals surface area (Å²) < 4.78 is 19.4. The number of rotatable bonds is 3. The first-order chi connectivity index (χ1) is 9.69. The Balaban J connectivity index is 2.06. The molecule has 0 spiro atoms. The van der Waals surface area contributed by atoms with Crippen LogP contribution in [0.2, 0.25) is 0 Å². The number of aliphatic hydroxyl groups is 1. The molecule has 2 aromatic rings. The maximum absolute atomic E-state index is 13.8. The van der Waals surface area contributed by atoms with Gasteiger partial charge < -0.3 is 9.84 Å². The first-order valence-electron chi connectivity index (χ1n) is 6.26. The quantitative estimate of drug-likeness (QED) is 0.869. The third-order valence-corrected chi connectivity index (χ3v) is 2.75. The summed E-state index contributed by atoms with van der Waals surface area (Å²) in [5.74, 6) is 5.50. The first kappa shape index (κ1) is 14.1. The average Bonchev–Trinajstić information content (AvgIpc) is 2.44. The monoisotopic (exact) mass is 270 g/mol. The van der Waals surface area contributed by atoms with Gasteiger partial charge in [0, 0.05) is 11.1 Å². The van der Waals surface area contributed by atoms with E-state index >= 15 is 0 Å². The Morgan fingerprint density at radius 1 is 1.20 bits per heavy atom. The molecule has 3 heteroatoms. The van der Waals surface area contributed by atoms with Gasteiger partial charge in [0.15, 0.2) is 0 Å². The predicted octanol–water partition coefficient (Wildman–Crippen LogP) is 3.06. The highest BCUT2D eigenvalue weighted by atomic mass is 19.1. The number of aliphatic hydroxyl groups excluding tert-OH is 1. The SMILES string of the molecule is Cc1cccc(OCc2ccc(C#CCO)cc2F)c1. The maximum Gasteiger partial charge on any atom is 0.131 e. The van der Waals surface area contributed by atoms with Crippen molar-refractivity contribution < 1.29 is 14.2 Å². The van der Waals surface area contributed by atoms with E-state index in [1.165, 1.54) is 6.07 Å². The minimum absolute atomic E-state index is 0.170. The fourth-order valence-electron chi connectivity index (χ4n) is 1.75. The molecule has 2 nitrogen and oxygen atoms in total. The summed E-state index contributed by atoms with van der Waals surface area (Å²) in [6, 6.07) is 12.3. The van der Waals surface area contributed by atoms with Gasteiger partial charge in [0.1, 0.15) is 24.8 Å². The fraction of sp³-hybridized carbons (Fsp3) is 0.176. The van der Waals surface area contributed by atoms with Crippen LogP contribution in [0.4, 0.5) is 4.39 Å². The fourth-order valence-corrected chi connectivity index (χ4v) is 1.75. The number of ether oxygens (including phenoxy) is 1. The molecular weight excluding hydrogens is 255 g/mol. The molecule has 102 valence electrons. The number of benzene rings is 2. The molecule has 0 radical (unpaired) electrons. The van der Waals surface area contributed by atoms with Crippen molar-refractivity contribution in [2.24, 2.45) is 0 Å². The van der Waals surface area contributed by atoms with Crippen molar-refractivity contribution in [3.8, 4) is 17.6 Å². The zero-order valence-electron chi connectivity index (χ0n) is 11.2. The van der Waals surface area contributed by atoms with Gasteiger partial charge in [-0.2, -0.15) is 0 Å². The van der Waals surface area contributed by atoms with Crippen LogP contribution >= 0.6 is 0 Å². The molecule has 2 aromatic carbocycles. The Morgan fingerprint density at radius 3 is 2.75 bits per heavy atom. The van der Waals surface area contributed by atoms with E-state index in [4.69, 9.17) is 9.84 Å². The highest BCUT2D eigenvalue weighted by Gasteiger charge is 2.04. The van der Waals surface area contributed by atoms with Gasteiger partial charge in [-0.15, -0.1) is 0 Å². The molecule has 0 bridgehead atoms. The van der Waals surface area contributed by atoms with Gasteiger partial charge in [-0.25, -0.2) is 4.39 Å². The van der Waals surface area contributed by atoms with Crippen LogP contribution in [0.3, 0.4) is 0 Å². The molecule has 0 unspecified atom stereocenters. The van der Waals surface area contributed by atoms with E-state index in [9.17, 15) is 4.39 Å². The van der Waals surface area contributed by atoms with Crippen LogP contribution in [-0.4, -0.2) is 11.7 Å². The van der Waals surface area contributed by atoms with Crippen molar-refractivity contribution in [2.75, 3.05) is 6.61 Å². The lowest BCUT2D eigenvalue weighted by molar-refractivity contribution is 0.299. The molecule has 0 aromatic heterocycles. The van der Waals surface area contributed by atoms with Crippen molar-refractivity contribution in [3.05, 3.63) is 65.0 Å². The van der Waals surface area contributed by atoms with Crippen LogP contribution < -0.4 is 4.74 Å². The summed E-state index contributed by atoms with van der Waals surface area (Å²) in [5.41, 5.74) is 2.11. The van der Waals surface area contributed by atoms with Gasteiger partial charge in [-0.1, -0.05) is 30.0 Å². The minimum atomic E-state index is -0.359. The smallest absolute Gasteiger partial charge is 0.131 e. The number of halogens is 1. The molecule has 0 fully saturated rings. The Hall–Kier alpha value is -2.31. The first-order valence-corrected chi connectivity index (χ1v) is 6.26. The molecule has 0 amide bonds. The van der Waals surface area contributed by atoms with Gasteiger partial charge in [0.25, 0.3) is 0 Å². The summed E-state index contributed by atoms with van der Waals surface area (Å²) in [6.07, 6.45) is 0. The van der Waals surface area contributed by atoms with Crippen molar-refractivity contribution >= 4 is 0 Å². The van der Waals surface area contributed by atoms with Crippen molar-refractivity contribution in [3.63, 3.8) is 0 Å². The summed E-state index contributed by atoms with van der Waals surface area (Å²) in [5, 5.41) is 8.60. The van der Waals surface area contributed by atoms with E-state index in [2.05, 4.69) is 11.8 Å². The van der Waals surface area contributed by atoms with Crippen molar-refractivity contribution in [1.29, 1.82) is 0 Å². The Kier molecular flexibility index (Phi) is 4.75. The van der Waals surface area contributed by atoms with Crippen LogP contribution in [0, 0.1) is 24.6 Å². The van der Waals surface area contributed by atoms with Crippen LogP contribution in [0.5, 0.6) is 5.75 Å². The van der Waals surface area contributed by atoms with Gasteiger partial charge in [-0.05, 0) is 36.8 Å². The lowest BCUT2D eigenvalue weighted by Crippen LogP contribution is -1.99. The number of aryl methyl sites for hydroxylation is 1. The summed E-state index contributed by atoms with van der Waals surface area (Å²) in [6.45, 7) is 1.91. The second kappa shape index (κ2) is 6.74. The Labute approximate surface area is 117 Å². The molecule has 0 aliphatic rings. The van der Waals surface area contributed by atoms with Crippen LogP contribution in [-0.2, 0) is 6.61 Å². The highest BCUT2D eigenvalue weighted by Crippen LogP contribution is 2.16. The second-order valence-corrected chi connectivity index (χ2v) is 4.37. The zero-order chi connectivity index (χ0) is 14.4. The van der Waals surface area contributed by atoms with E-state index in [0.717, 1.165) is 5.56 Å². The van der Waals surface area contributed by atoms with Crippen molar-refractivity contribution in [1.82, 2.24) is 0 Å². The number of hydrogen-bond donors (Lipinski definition) is 1. The van der Waals surface area contributed by atoms with E-state index in [1.54, 1.807) is 12.1 Å². The average molecular weight is 270 g/mol. The topological polar surface area (TPSA) is 29.5 Å². The summed E-state index contributed by atoms with van der Waals surface area (Å²) in [7, 11) is 0. The third kappa shape index (κ3) is 3.84. The molecule has 2 rings (SSSR count). The molecule has 1 N–H and O–H groups in total. The van der Waals surface area contributed by atoms with E-state index in [0.29, 0.717) is 16.9 Å². The van der Waals surface area contributed by atoms with Crippen molar-refractivity contribution in [2.45, 2.75) is 13.5 Å². The largest absolute Gasteiger partial charge is 0.489 e. The second-order valence-electron chi connectivity index (χ2n) is 4.37. The normalized spacial score (nSPS) is 9.75. The molecule has 0 saturated carbocycles. The van der Waals surface area contributed by atoms with Crippen LogP contribution in [0.15, 0.2) is 42.5 Å². The van der Waals surface area contributed by atoms with Crippen LogP contribution in [0.1, 0.15) is 16.7 Å². The van der Waals surface area contributed by atoms with E-state index < -0.39 is 0 Å². The molecular formula is C17H15FO2. The molecule has 0 heterocycles. The zero-order valence-corrected chi connectivity index (χ0v) is 11.2. The molecule has 0 aliphatic carbocycles. The number of hydrogen-bond acceptors (Lipinski definition) is 2. The van der Waals surface area contributed by atoms with Gasteiger partial charge in [0.2, 0.25) is 0 Å². The standard InChI is InChI=1S/C17H15FO2/c1-13-4-2-6-16(10-13)20-12-15-8-7-14(5-3-9-19)11-17(15)18/h2,4,6-8,10-11,19H,9,12H2,1H3. The minimum Gasteiger partial charge on any atom is -0.489 e. The lowest BCUT2D eigenvalue weighted by atomic mass is 10.1. The predicted molar refractivity (Wildman–Crippen MR) is 75.9 cm³/mol. The maximum atomic E-state index is 13.8. The molecule has 0 atom stereocenters. The highest BCUT2D eigenvalue weighted by molar-refractivity contribution is 5.37. The third-order valence-electron chi connectivity index (χ3n) is 2.75. The molecule has 0 saturated heterocycles. The summed E-state index contributed by atoms with van der Waals surface area (Å²) >= 11 is 0. The Morgan fingerprint density at radius 2 is 2.05 bits per heavy atom. The van der Waals surface area contributed by atoms with E-state index in [-0.39, 0.29) is 19.0 Å². The van der Waals surface area contributed by atoms with Gasteiger partial charge in [0.05, 0.1) is 0 Å². The Bertz CT molecular complexity index is 654.